The monoisotopic (exact) mass is 490 g/mol. The van der Waals surface area contributed by atoms with Gasteiger partial charge in [-0.05, 0) is 12.8 Å². The first kappa shape index (κ1) is 23.4. The van der Waals surface area contributed by atoms with Gasteiger partial charge in [0.05, 0.1) is 6.10 Å². The Morgan fingerprint density at radius 3 is 2.43 bits per heavy atom. The van der Waals surface area contributed by atoms with E-state index in [-0.39, 0.29) is 28.6 Å². The standard InChI is InChI=1S/C22H28F2N8O3/c1-29-20-18(27-28-29)21(34)26-22(25-20)32-8-6-31(7-9-32)19-16(23)12-15(13-17(19)24)35-11-10-30-4-2-14(33)3-5-30/h12-14,33H,2-11H2,1H3,(H,25,26,34). The number of halogens is 2. The number of aryl methyl sites for hydroxylation is 1. The first-order chi connectivity index (χ1) is 16.9. The number of aliphatic hydroxyl groups excluding tert-OH is 1. The SMILES string of the molecule is Cn1nnc2c(=O)[nH]c(N3CCN(c4c(F)cc(OCCN5CCC(O)CC5)cc4F)CC3)nc21. The molecule has 0 bridgehead atoms. The third kappa shape index (κ3) is 4.91. The van der Waals surface area contributed by atoms with E-state index in [0.717, 1.165) is 25.9 Å². The van der Waals surface area contributed by atoms with Crippen LogP contribution in [0.2, 0.25) is 0 Å². The number of nitrogens with one attached hydrogen (secondary N) is 1. The van der Waals surface area contributed by atoms with Gasteiger partial charge in [-0.2, -0.15) is 4.98 Å². The normalized spacial score (nSPS) is 17.9. The second-order valence-corrected chi connectivity index (χ2v) is 8.91. The predicted molar refractivity (Wildman–Crippen MR) is 125 cm³/mol. The smallest absolute Gasteiger partial charge is 0.282 e. The Morgan fingerprint density at radius 2 is 1.74 bits per heavy atom. The van der Waals surface area contributed by atoms with E-state index in [1.165, 1.54) is 16.8 Å². The molecule has 0 radical (unpaired) electrons. The highest BCUT2D eigenvalue weighted by molar-refractivity contribution is 5.69. The molecule has 2 aromatic heterocycles. The number of benzene rings is 1. The summed E-state index contributed by atoms with van der Waals surface area (Å²) in [5.74, 6) is -0.827. The highest BCUT2D eigenvalue weighted by Gasteiger charge is 2.25. The number of nitrogens with zero attached hydrogens (tertiary/aromatic N) is 7. The molecule has 0 saturated carbocycles. The molecule has 13 heteroatoms. The molecule has 0 aliphatic carbocycles. The summed E-state index contributed by atoms with van der Waals surface area (Å²) in [5, 5.41) is 17.2. The van der Waals surface area contributed by atoms with Crippen LogP contribution in [-0.4, -0.2) is 93.5 Å². The molecule has 0 amide bonds. The molecule has 2 saturated heterocycles. The molecule has 0 atom stereocenters. The average molecular weight is 491 g/mol. The molecule has 4 heterocycles. The summed E-state index contributed by atoms with van der Waals surface area (Å²) < 4.78 is 36.8. The number of H-pyrrole nitrogens is 1. The maximum Gasteiger partial charge on any atom is 0.282 e. The van der Waals surface area contributed by atoms with Crippen LogP contribution in [0.5, 0.6) is 5.75 Å². The summed E-state index contributed by atoms with van der Waals surface area (Å²) in [6.45, 7) is 4.05. The zero-order valence-electron chi connectivity index (χ0n) is 19.5. The molecule has 1 aromatic carbocycles. The second kappa shape index (κ2) is 9.74. The first-order valence-corrected chi connectivity index (χ1v) is 11.7. The minimum absolute atomic E-state index is 0.0882. The zero-order valence-corrected chi connectivity index (χ0v) is 19.5. The molecule has 5 rings (SSSR count). The van der Waals surface area contributed by atoms with Gasteiger partial charge in [0.1, 0.15) is 18.0 Å². The van der Waals surface area contributed by atoms with Crippen LogP contribution < -0.4 is 20.1 Å². The van der Waals surface area contributed by atoms with Crippen molar-refractivity contribution in [1.82, 2.24) is 29.9 Å². The molecule has 2 fully saturated rings. The fraction of sp³-hybridized carbons (Fsp3) is 0.545. The molecule has 188 valence electrons. The number of likely N-dealkylation sites (tertiary alicyclic amines) is 1. The molecular weight excluding hydrogens is 462 g/mol. The first-order valence-electron chi connectivity index (χ1n) is 11.7. The molecular formula is C22H28F2N8O3. The molecule has 2 aliphatic heterocycles. The Kier molecular flexibility index (Phi) is 6.52. The Hall–Kier alpha value is -3.32. The number of piperidine rings is 1. The topological polar surface area (TPSA) is 116 Å². The van der Waals surface area contributed by atoms with Gasteiger partial charge in [-0.25, -0.2) is 13.5 Å². The lowest BCUT2D eigenvalue weighted by Crippen LogP contribution is -2.48. The van der Waals surface area contributed by atoms with E-state index >= 15 is 0 Å². The maximum absolute atomic E-state index is 14.9. The van der Waals surface area contributed by atoms with E-state index in [0.29, 0.717) is 50.9 Å². The van der Waals surface area contributed by atoms with E-state index in [2.05, 4.69) is 25.2 Å². The van der Waals surface area contributed by atoms with Gasteiger partial charge in [-0.3, -0.25) is 14.7 Å². The molecule has 11 nitrogen and oxygen atoms in total. The van der Waals surface area contributed by atoms with Crippen molar-refractivity contribution < 1.29 is 18.6 Å². The average Bonchev–Trinajstić information content (AvgIpc) is 3.22. The Labute approximate surface area is 199 Å². The molecule has 3 aromatic rings. The van der Waals surface area contributed by atoms with Gasteiger partial charge in [-0.15, -0.1) is 5.10 Å². The van der Waals surface area contributed by atoms with Crippen LogP contribution in [0.15, 0.2) is 16.9 Å². The molecule has 0 unspecified atom stereocenters. The molecule has 2 aliphatic rings. The number of rotatable bonds is 6. The number of hydrogen-bond acceptors (Lipinski definition) is 9. The van der Waals surface area contributed by atoms with Crippen LogP contribution in [0.4, 0.5) is 20.4 Å². The van der Waals surface area contributed by atoms with Crippen molar-refractivity contribution in [3.8, 4) is 5.75 Å². The number of ether oxygens (including phenoxy) is 1. The Bertz CT molecular complexity index is 1230. The van der Waals surface area contributed by atoms with Crippen LogP contribution in [0, 0.1) is 11.6 Å². The van der Waals surface area contributed by atoms with Gasteiger partial charge >= 0.3 is 0 Å². The van der Waals surface area contributed by atoms with Crippen molar-refractivity contribution in [2.75, 3.05) is 62.2 Å². The number of anilines is 2. The van der Waals surface area contributed by atoms with E-state index < -0.39 is 11.6 Å². The van der Waals surface area contributed by atoms with E-state index in [4.69, 9.17) is 4.74 Å². The Balaban J connectivity index is 1.20. The van der Waals surface area contributed by atoms with Crippen molar-refractivity contribution in [2.24, 2.45) is 7.05 Å². The van der Waals surface area contributed by atoms with E-state index in [1.807, 2.05) is 4.90 Å². The van der Waals surface area contributed by atoms with Crippen molar-refractivity contribution in [3.05, 3.63) is 34.1 Å². The van der Waals surface area contributed by atoms with Crippen molar-refractivity contribution >= 4 is 22.8 Å². The lowest BCUT2D eigenvalue weighted by atomic mass is 10.1. The number of aromatic nitrogens is 5. The summed E-state index contributed by atoms with van der Waals surface area (Å²) in [6, 6.07) is 2.43. The zero-order chi connectivity index (χ0) is 24.5. The summed E-state index contributed by atoms with van der Waals surface area (Å²) in [7, 11) is 1.65. The lowest BCUT2D eigenvalue weighted by Gasteiger charge is -2.36. The van der Waals surface area contributed by atoms with Gasteiger partial charge in [-0.1, -0.05) is 5.21 Å². The summed E-state index contributed by atoms with van der Waals surface area (Å²) >= 11 is 0. The molecule has 35 heavy (non-hydrogen) atoms. The van der Waals surface area contributed by atoms with Gasteiger partial charge in [0.15, 0.2) is 22.8 Å². The van der Waals surface area contributed by atoms with Gasteiger partial charge in [0.25, 0.3) is 5.56 Å². The summed E-state index contributed by atoms with van der Waals surface area (Å²) in [4.78, 5) is 25.1. The fourth-order valence-electron chi connectivity index (χ4n) is 4.57. The third-order valence-electron chi connectivity index (χ3n) is 6.57. The number of piperazine rings is 1. The minimum Gasteiger partial charge on any atom is -0.492 e. The van der Waals surface area contributed by atoms with Crippen molar-refractivity contribution in [2.45, 2.75) is 18.9 Å². The van der Waals surface area contributed by atoms with Gasteiger partial charge in [0, 0.05) is 65.0 Å². The highest BCUT2D eigenvalue weighted by Crippen LogP contribution is 2.29. The third-order valence-corrected chi connectivity index (χ3v) is 6.57. The van der Waals surface area contributed by atoms with Crippen molar-refractivity contribution in [3.63, 3.8) is 0 Å². The van der Waals surface area contributed by atoms with Crippen LogP contribution in [0.25, 0.3) is 11.2 Å². The number of hydrogen-bond donors (Lipinski definition) is 2. The molecule has 0 spiro atoms. The number of aromatic amines is 1. The number of fused-ring (bicyclic) bond motifs is 1. The summed E-state index contributed by atoms with van der Waals surface area (Å²) in [5.41, 5.74) is 0.0636. The number of aliphatic hydroxyl groups is 1. The van der Waals surface area contributed by atoms with Gasteiger partial charge < -0.3 is 19.6 Å². The Morgan fingerprint density at radius 1 is 1.09 bits per heavy atom. The van der Waals surface area contributed by atoms with Crippen LogP contribution in [-0.2, 0) is 7.05 Å². The molecule has 2 N–H and O–H groups in total. The quantitative estimate of drug-likeness (QED) is 0.509. The largest absolute Gasteiger partial charge is 0.492 e. The van der Waals surface area contributed by atoms with Crippen molar-refractivity contribution in [1.29, 1.82) is 0 Å². The predicted octanol–water partition coefficient (Wildman–Crippen LogP) is 0.492. The van der Waals surface area contributed by atoms with Crippen LogP contribution >= 0.6 is 0 Å². The van der Waals surface area contributed by atoms with Crippen LogP contribution in [0.3, 0.4) is 0 Å². The summed E-state index contributed by atoms with van der Waals surface area (Å²) in [6.07, 6.45) is 1.21. The van der Waals surface area contributed by atoms with E-state index in [9.17, 15) is 18.7 Å². The van der Waals surface area contributed by atoms with Crippen LogP contribution in [0.1, 0.15) is 12.8 Å². The second-order valence-electron chi connectivity index (χ2n) is 8.91. The highest BCUT2D eigenvalue weighted by atomic mass is 19.1. The van der Waals surface area contributed by atoms with E-state index in [1.54, 1.807) is 11.9 Å². The fourth-order valence-corrected chi connectivity index (χ4v) is 4.57. The minimum atomic E-state index is -0.677. The maximum atomic E-state index is 14.9. The van der Waals surface area contributed by atoms with Gasteiger partial charge in [0.2, 0.25) is 5.95 Å². The lowest BCUT2D eigenvalue weighted by molar-refractivity contribution is 0.0754.